The normalized spacial score (nSPS) is 12.3. The van der Waals surface area contributed by atoms with Gasteiger partial charge in [0, 0.05) is 18.2 Å². The van der Waals surface area contributed by atoms with Gasteiger partial charge in [-0.15, -0.1) is 0 Å². The SMILES string of the molecule is CCC(NCc1ccc(F)cc1F)c1ncc(C(=O)O)[nH]1. The van der Waals surface area contributed by atoms with E-state index < -0.39 is 17.6 Å². The van der Waals surface area contributed by atoms with Crippen LogP contribution in [0.1, 0.15) is 41.3 Å². The van der Waals surface area contributed by atoms with Gasteiger partial charge in [-0.25, -0.2) is 18.6 Å². The van der Waals surface area contributed by atoms with Gasteiger partial charge in [0.25, 0.3) is 0 Å². The van der Waals surface area contributed by atoms with Crippen molar-refractivity contribution in [2.75, 3.05) is 0 Å². The van der Waals surface area contributed by atoms with E-state index in [2.05, 4.69) is 15.3 Å². The number of halogens is 2. The molecule has 1 heterocycles. The highest BCUT2D eigenvalue weighted by molar-refractivity contribution is 5.85. The molecule has 1 atom stereocenters. The minimum atomic E-state index is -1.09. The molecule has 0 aliphatic rings. The van der Waals surface area contributed by atoms with Crippen LogP contribution in [0.4, 0.5) is 8.78 Å². The number of carboxylic acids is 1. The van der Waals surface area contributed by atoms with Crippen molar-refractivity contribution in [2.45, 2.75) is 25.9 Å². The molecular weight excluding hydrogens is 280 g/mol. The lowest BCUT2D eigenvalue weighted by atomic mass is 10.1. The molecule has 1 aromatic carbocycles. The highest BCUT2D eigenvalue weighted by Crippen LogP contribution is 2.16. The van der Waals surface area contributed by atoms with Crippen LogP contribution in [0.5, 0.6) is 0 Å². The summed E-state index contributed by atoms with van der Waals surface area (Å²) in [4.78, 5) is 17.5. The Morgan fingerprint density at radius 3 is 2.81 bits per heavy atom. The maximum atomic E-state index is 13.5. The molecule has 3 N–H and O–H groups in total. The number of aromatic nitrogens is 2. The van der Waals surface area contributed by atoms with Crippen LogP contribution >= 0.6 is 0 Å². The van der Waals surface area contributed by atoms with E-state index in [9.17, 15) is 13.6 Å². The van der Waals surface area contributed by atoms with Crippen molar-refractivity contribution in [1.82, 2.24) is 15.3 Å². The molecule has 0 bridgehead atoms. The standard InChI is InChI=1S/C14H15F2N3O2/c1-2-11(13-18-7-12(19-13)14(20)21)17-6-8-3-4-9(15)5-10(8)16/h3-5,7,11,17H,2,6H2,1H3,(H,18,19)(H,20,21). The Morgan fingerprint density at radius 2 is 2.24 bits per heavy atom. The molecule has 5 nitrogen and oxygen atoms in total. The molecule has 0 saturated carbocycles. The largest absolute Gasteiger partial charge is 0.477 e. The van der Waals surface area contributed by atoms with Crippen molar-refractivity contribution in [3.63, 3.8) is 0 Å². The lowest BCUT2D eigenvalue weighted by Gasteiger charge is -2.15. The lowest BCUT2D eigenvalue weighted by Crippen LogP contribution is -2.22. The van der Waals surface area contributed by atoms with Gasteiger partial charge in [-0.05, 0) is 12.5 Å². The van der Waals surface area contributed by atoms with Gasteiger partial charge in [0.05, 0.1) is 12.2 Å². The number of imidazole rings is 1. The average Bonchev–Trinajstić information content (AvgIpc) is 2.91. The molecule has 7 heteroatoms. The van der Waals surface area contributed by atoms with Crippen LogP contribution < -0.4 is 5.32 Å². The number of hydrogen-bond acceptors (Lipinski definition) is 3. The van der Waals surface area contributed by atoms with Gasteiger partial charge in [-0.1, -0.05) is 13.0 Å². The molecule has 0 spiro atoms. The maximum Gasteiger partial charge on any atom is 0.353 e. The number of hydrogen-bond donors (Lipinski definition) is 3. The quantitative estimate of drug-likeness (QED) is 0.765. The van der Waals surface area contributed by atoms with Crippen LogP contribution in [0.3, 0.4) is 0 Å². The smallest absolute Gasteiger partial charge is 0.353 e. The summed E-state index contributed by atoms with van der Waals surface area (Å²) in [5.74, 6) is -1.87. The predicted molar refractivity (Wildman–Crippen MR) is 71.8 cm³/mol. The molecular formula is C14H15F2N3O2. The van der Waals surface area contributed by atoms with Crippen LogP contribution in [0, 0.1) is 11.6 Å². The van der Waals surface area contributed by atoms with Crippen LogP contribution in [0.25, 0.3) is 0 Å². The Hall–Kier alpha value is -2.28. The Morgan fingerprint density at radius 1 is 1.48 bits per heavy atom. The van der Waals surface area contributed by atoms with Crippen LogP contribution in [-0.4, -0.2) is 21.0 Å². The zero-order chi connectivity index (χ0) is 15.4. The summed E-state index contributed by atoms with van der Waals surface area (Å²) in [6, 6.07) is 3.14. The summed E-state index contributed by atoms with van der Waals surface area (Å²) >= 11 is 0. The number of nitrogens with one attached hydrogen (secondary N) is 2. The fourth-order valence-corrected chi connectivity index (χ4v) is 1.95. The van der Waals surface area contributed by atoms with E-state index in [0.29, 0.717) is 17.8 Å². The maximum absolute atomic E-state index is 13.5. The number of rotatable bonds is 6. The second-order valence-corrected chi connectivity index (χ2v) is 4.56. The number of benzene rings is 1. The third-order valence-corrected chi connectivity index (χ3v) is 3.12. The fraction of sp³-hybridized carbons (Fsp3) is 0.286. The minimum absolute atomic E-state index is 0.00165. The molecule has 1 aromatic heterocycles. The van der Waals surface area contributed by atoms with E-state index in [-0.39, 0.29) is 18.3 Å². The molecule has 2 aromatic rings. The molecule has 0 aliphatic heterocycles. The summed E-state index contributed by atoms with van der Waals surface area (Å²) in [7, 11) is 0. The number of nitrogens with zero attached hydrogens (tertiary/aromatic N) is 1. The second-order valence-electron chi connectivity index (χ2n) is 4.56. The zero-order valence-corrected chi connectivity index (χ0v) is 11.4. The topological polar surface area (TPSA) is 78.0 Å². The summed E-state index contributed by atoms with van der Waals surface area (Å²) in [5, 5.41) is 11.9. The number of carbonyl (C=O) groups is 1. The fourth-order valence-electron chi connectivity index (χ4n) is 1.95. The van der Waals surface area contributed by atoms with Gasteiger partial charge >= 0.3 is 5.97 Å². The van der Waals surface area contributed by atoms with E-state index in [1.165, 1.54) is 18.3 Å². The summed E-state index contributed by atoms with van der Waals surface area (Å²) < 4.78 is 26.4. The van der Waals surface area contributed by atoms with Crippen LogP contribution in [0.15, 0.2) is 24.4 Å². The Kier molecular flexibility index (Phi) is 4.64. The molecule has 1 unspecified atom stereocenters. The van der Waals surface area contributed by atoms with Crippen LogP contribution in [-0.2, 0) is 6.54 Å². The zero-order valence-electron chi connectivity index (χ0n) is 11.4. The van der Waals surface area contributed by atoms with Gasteiger partial charge in [-0.3, -0.25) is 0 Å². The van der Waals surface area contributed by atoms with Crippen molar-refractivity contribution >= 4 is 5.97 Å². The van der Waals surface area contributed by atoms with E-state index in [1.54, 1.807) is 0 Å². The number of carboxylic acid groups (broad SMARTS) is 1. The highest BCUT2D eigenvalue weighted by Gasteiger charge is 2.16. The van der Waals surface area contributed by atoms with Gasteiger partial charge in [0.1, 0.15) is 23.2 Å². The second kappa shape index (κ2) is 6.45. The average molecular weight is 295 g/mol. The van der Waals surface area contributed by atoms with Gasteiger partial charge < -0.3 is 15.4 Å². The van der Waals surface area contributed by atoms with Crippen molar-refractivity contribution in [2.24, 2.45) is 0 Å². The summed E-state index contributed by atoms with van der Waals surface area (Å²) in [5.41, 5.74) is 0.332. The molecule has 21 heavy (non-hydrogen) atoms. The van der Waals surface area contributed by atoms with Crippen molar-refractivity contribution in [3.8, 4) is 0 Å². The first kappa shape index (κ1) is 15.1. The lowest BCUT2D eigenvalue weighted by molar-refractivity contribution is 0.0691. The minimum Gasteiger partial charge on any atom is -0.477 e. The first-order chi connectivity index (χ1) is 10.0. The summed E-state index contributed by atoms with van der Waals surface area (Å²) in [6.45, 7) is 2.08. The van der Waals surface area contributed by atoms with Crippen molar-refractivity contribution < 1.29 is 18.7 Å². The Labute approximate surface area is 120 Å². The van der Waals surface area contributed by atoms with E-state index >= 15 is 0 Å². The molecule has 0 aliphatic carbocycles. The van der Waals surface area contributed by atoms with Crippen LogP contribution in [0.2, 0.25) is 0 Å². The van der Waals surface area contributed by atoms with E-state index in [4.69, 9.17) is 5.11 Å². The Balaban J connectivity index is 2.06. The van der Waals surface area contributed by atoms with Crippen molar-refractivity contribution in [3.05, 3.63) is 53.1 Å². The highest BCUT2D eigenvalue weighted by atomic mass is 19.1. The molecule has 0 radical (unpaired) electrons. The van der Waals surface area contributed by atoms with E-state index in [1.807, 2.05) is 6.92 Å². The number of H-pyrrole nitrogens is 1. The molecule has 112 valence electrons. The molecule has 2 rings (SSSR count). The first-order valence-corrected chi connectivity index (χ1v) is 6.46. The number of aromatic carboxylic acids is 1. The summed E-state index contributed by atoms with van der Waals surface area (Å²) in [6.07, 6.45) is 1.87. The molecule has 0 saturated heterocycles. The first-order valence-electron chi connectivity index (χ1n) is 6.46. The third kappa shape index (κ3) is 3.63. The Bertz CT molecular complexity index is 643. The number of aromatic amines is 1. The van der Waals surface area contributed by atoms with E-state index in [0.717, 1.165) is 6.07 Å². The molecule has 0 fully saturated rings. The predicted octanol–water partition coefficient (Wildman–Crippen LogP) is 2.63. The van der Waals surface area contributed by atoms with Crippen molar-refractivity contribution in [1.29, 1.82) is 0 Å². The van der Waals surface area contributed by atoms with Gasteiger partial charge in [-0.2, -0.15) is 0 Å². The van der Waals surface area contributed by atoms with Gasteiger partial charge in [0.15, 0.2) is 0 Å². The molecule has 0 amide bonds. The monoisotopic (exact) mass is 295 g/mol. The third-order valence-electron chi connectivity index (χ3n) is 3.12. The van der Waals surface area contributed by atoms with Gasteiger partial charge in [0.2, 0.25) is 0 Å².